The van der Waals surface area contributed by atoms with Gasteiger partial charge in [-0.2, -0.15) is 0 Å². The van der Waals surface area contributed by atoms with Gasteiger partial charge in [-0.05, 0) is 50.1 Å². The summed E-state index contributed by atoms with van der Waals surface area (Å²) in [4.78, 5) is 1.12. The molecule has 0 spiro atoms. The fourth-order valence-corrected chi connectivity index (χ4v) is 4.26. The van der Waals surface area contributed by atoms with Gasteiger partial charge < -0.3 is 10.1 Å². The summed E-state index contributed by atoms with van der Waals surface area (Å²) in [7, 11) is 1.62. The van der Waals surface area contributed by atoms with Gasteiger partial charge in [-0.15, -0.1) is 11.3 Å². The van der Waals surface area contributed by atoms with Crippen LogP contribution in [0.1, 0.15) is 4.88 Å². The van der Waals surface area contributed by atoms with E-state index in [1.165, 1.54) is 11.3 Å². The van der Waals surface area contributed by atoms with Gasteiger partial charge in [-0.3, -0.25) is 0 Å². The number of benzene rings is 1. The molecule has 2 aromatic rings. The summed E-state index contributed by atoms with van der Waals surface area (Å²) in [6.07, 6.45) is 0. The van der Waals surface area contributed by atoms with Crippen LogP contribution in [-0.2, 0) is 6.54 Å². The van der Waals surface area contributed by atoms with Crippen LogP contribution in [0.15, 0.2) is 27.1 Å². The first kappa shape index (κ1) is 15.4. The van der Waals surface area contributed by atoms with E-state index in [1.54, 1.807) is 13.2 Å². The highest BCUT2D eigenvalue weighted by atomic mass is 79.9. The zero-order valence-corrected chi connectivity index (χ0v) is 15.3. The normalized spacial score (nSPS) is 10.6. The van der Waals surface area contributed by atoms with Crippen LogP contribution in [0, 0.1) is 0 Å². The Hall–Kier alpha value is 0.0600. The second-order valence-corrected chi connectivity index (χ2v) is 7.54. The lowest BCUT2D eigenvalue weighted by Crippen LogP contribution is -2.00. The van der Waals surface area contributed by atoms with E-state index in [1.807, 2.05) is 12.1 Å². The van der Waals surface area contributed by atoms with Gasteiger partial charge in [0.05, 0.1) is 17.3 Å². The molecule has 0 bridgehead atoms. The summed E-state index contributed by atoms with van der Waals surface area (Å²) >= 11 is 20.4. The Morgan fingerprint density at radius 1 is 1.21 bits per heavy atom. The summed E-state index contributed by atoms with van der Waals surface area (Å²) in [6, 6.07) is 5.62. The van der Waals surface area contributed by atoms with E-state index in [9.17, 15) is 0 Å². The lowest BCUT2D eigenvalue weighted by Gasteiger charge is -2.12. The van der Waals surface area contributed by atoms with Crippen LogP contribution >= 0.6 is 66.4 Å². The molecule has 2 rings (SSSR count). The zero-order chi connectivity index (χ0) is 14.0. The summed E-state index contributed by atoms with van der Waals surface area (Å²) < 4.78 is 7.82. The average Bonchev–Trinajstić information content (AvgIpc) is 2.65. The molecule has 0 saturated heterocycles. The Bertz CT molecular complexity index is 584. The minimum atomic E-state index is 0.639. The number of nitrogens with one attached hydrogen (secondary N) is 1. The molecule has 1 aromatic carbocycles. The van der Waals surface area contributed by atoms with Crippen LogP contribution in [0.5, 0.6) is 5.75 Å². The Balaban J connectivity index is 2.19. The Labute approximate surface area is 142 Å². The second-order valence-electron chi connectivity index (χ2n) is 3.66. The first-order chi connectivity index (χ1) is 9.01. The fraction of sp³-hybridized carbons (Fsp3) is 0.167. The standard InChI is InChI=1S/C12H9Br2Cl2NOS/c1-18-11-8(13)2-6(15)3-10(11)17-5-7-4-9(14)12(16)19-7/h2-4,17H,5H2,1H3. The van der Waals surface area contributed by atoms with Crippen molar-refractivity contribution in [3.63, 3.8) is 0 Å². The molecule has 0 aliphatic rings. The third-order valence-corrected chi connectivity index (χ3v) is 5.64. The number of thiophene rings is 1. The minimum absolute atomic E-state index is 0.639. The highest BCUT2D eigenvalue weighted by molar-refractivity contribution is 9.11. The molecule has 0 fully saturated rings. The maximum absolute atomic E-state index is 6.04. The van der Waals surface area contributed by atoms with Crippen LogP contribution in [0.25, 0.3) is 0 Å². The van der Waals surface area contributed by atoms with Gasteiger partial charge in [-0.25, -0.2) is 0 Å². The van der Waals surface area contributed by atoms with Crippen molar-refractivity contribution in [2.45, 2.75) is 6.54 Å². The Kier molecular flexibility index (Phi) is 5.43. The molecule has 1 N–H and O–H groups in total. The average molecular weight is 446 g/mol. The molecule has 0 atom stereocenters. The number of methoxy groups -OCH3 is 1. The number of hydrogen-bond donors (Lipinski definition) is 1. The van der Waals surface area contributed by atoms with E-state index in [0.717, 1.165) is 29.6 Å². The number of ether oxygens (including phenoxy) is 1. The van der Waals surface area contributed by atoms with Crippen molar-refractivity contribution in [1.29, 1.82) is 0 Å². The predicted molar refractivity (Wildman–Crippen MR) is 90.1 cm³/mol. The van der Waals surface area contributed by atoms with Gasteiger partial charge in [-0.1, -0.05) is 23.2 Å². The fourth-order valence-electron chi connectivity index (χ4n) is 1.56. The lowest BCUT2D eigenvalue weighted by molar-refractivity contribution is 0.414. The topological polar surface area (TPSA) is 21.3 Å². The number of anilines is 1. The smallest absolute Gasteiger partial charge is 0.156 e. The van der Waals surface area contributed by atoms with Crippen molar-refractivity contribution in [1.82, 2.24) is 0 Å². The van der Waals surface area contributed by atoms with Gasteiger partial charge in [0.1, 0.15) is 4.34 Å². The molecule has 1 heterocycles. The molecule has 2 nitrogen and oxygen atoms in total. The van der Waals surface area contributed by atoms with Crippen LogP contribution in [0.2, 0.25) is 9.36 Å². The van der Waals surface area contributed by atoms with Gasteiger partial charge >= 0.3 is 0 Å². The zero-order valence-electron chi connectivity index (χ0n) is 9.77. The maximum Gasteiger partial charge on any atom is 0.156 e. The van der Waals surface area contributed by atoms with E-state index >= 15 is 0 Å². The summed E-state index contributed by atoms with van der Waals surface area (Å²) in [5, 5.41) is 3.93. The summed E-state index contributed by atoms with van der Waals surface area (Å²) in [5.41, 5.74) is 0.836. The van der Waals surface area contributed by atoms with Crippen LogP contribution < -0.4 is 10.1 Å². The second kappa shape index (κ2) is 6.68. The van der Waals surface area contributed by atoms with E-state index in [2.05, 4.69) is 37.2 Å². The Morgan fingerprint density at radius 2 is 1.95 bits per heavy atom. The predicted octanol–water partition coefficient (Wildman–Crippen LogP) is 6.20. The summed E-state index contributed by atoms with van der Waals surface area (Å²) in [6.45, 7) is 0.652. The van der Waals surface area contributed by atoms with Gasteiger partial charge in [0, 0.05) is 20.9 Å². The third-order valence-electron chi connectivity index (χ3n) is 2.36. The van der Waals surface area contributed by atoms with Crippen LogP contribution in [-0.4, -0.2) is 7.11 Å². The minimum Gasteiger partial charge on any atom is -0.493 e. The van der Waals surface area contributed by atoms with Crippen molar-refractivity contribution in [3.05, 3.63) is 41.4 Å². The molecular formula is C12H9Br2Cl2NOS. The molecule has 0 radical (unpaired) electrons. The number of rotatable bonds is 4. The SMILES string of the molecule is COc1c(Br)cc(Cl)cc1NCc1cc(Br)c(Cl)s1. The first-order valence-corrected chi connectivity index (χ1v) is 8.37. The molecule has 19 heavy (non-hydrogen) atoms. The van der Waals surface area contributed by atoms with Gasteiger partial charge in [0.15, 0.2) is 5.75 Å². The quantitative estimate of drug-likeness (QED) is 0.604. The Morgan fingerprint density at radius 3 is 2.53 bits per heavy atom. The molecule has 1 aromatic heterocycles. The molecule has 0 saturated carbocycles. The molecule has 0 unspecified atom stereocenters. The highest BCUT2D eigenvalue weighted by Gasteiger charge is 2.10. The van der Waals surface area contributed by atoms with Crippen LogP contribution in [0.4, 0.5) is 5.69 Å². The van der Waals surface area contributed by atoms with Crippen LogP contribution in [0.3, 0.4) is 0 Å². The van der Waals surface area contributed by atoms with E-state index in [-0.39, 0.29) is 0 Å². The van der Waals surface area contributed by atoms with Crippen molar-refractivity contribution in [3.8, 4) is 5.75 Å². The van der Waals surface area contributed by atoms with Crippen molar-refractivity contribution < 1.29 is 4.74 Å². The molecule has 0 aliphatic heterocycles. The van der Waals surface area contributed by atoms with E-state index < -0.39 is 0 Å². The molecule has 102 valence electrons. The number of hydrogen-bond acceptors (Lipinski definition) is 3. The van der Waals surface area contributed by atoms with Gasteiger partial charge in [0.25, 0.3) is 0 Å². The largest absolute Gasteiger partial charge is 0.493 e. The molecule has 7 heteroatoms. The van der Waals surface area contributed by atoms with Crippen molar-refractivity contribution in [2.24, 2.45) is 0 Å². The number of halogens is 4. The van der Waals surface area contributed by atoms with Crippen molar-refractivity contribution >= 4 is 72.1 Å². The molecule has 0 aliphatic carbocycles. The van der Waals surface area contributed by atoms with Crippen molar-refractivity contribution in [2.75, 3.05) is 12.4 Å². The summed E-state index contributed by atoms with van der Waals surface area (Å²) in [5.74, 6) is 0.728. The molecule has 0 amide bonds. The van der Waals surface area contributed by atoms with Gasteiger partial charge in [0.2, 0.25) is 0 Å². The highest BCUT2D eigenvalue weighted by Crippen LogP contribution is 2.37. The third kappa shape index (κ3) is 3.79. The van der Waals surface area contributed by atoms with E-state index in [4.69, 9.17) is 27.9 Å². The van der Waals surface area contributed by atoms with E-state index in [0.29, 0.717) is 11.6 Å². The maximum atomic E-state index is 6.04. The lowest BCUT2D eigenvalue weighted by atomic mass is 10.3. The monoisotopic (exact) mass is 443 g/mol. The molecular weight excluding hydrogens is 437 g/mol. The first-order valence-electron chi connectivity index (χ1n) is 5.22.